The number of amides is 1. The van der Waals surface area contributed by atoms with Gasteiger partial charge in [-0.15, -0.1) is 0 Å². The molecule has 3 N–H and O–H groups in total. The molecule has 0 saturated carbocycles. The molecule has 0 bridgehead atoms. The fourth-order valence-electron chi connectivity index (χ4n) is 0.212. The van der Waals surface area contributed by atoms with E-state index in [-0.39, 0.29) is 23.6 Å². The van der Waals surface area contributed by atoms with Gasteiger partial charge in [0.05, 0.1) is 21.1 Å². The van der Waals surface area contributed by atoms with Crippen LogP contribution in [0.4, 0.5) is 0 Å². The summed E-state index contributed by atoms with van der Waals surface area (Å²) < 4.78 is 0.191. The highest BCUT2D eigenvalue weighted by atomic mass is 16.3. The Bertz CT molecular complexity index is 140. The Morgan fingerprint density at radius 1 is 1.38 bits per heavy atom. The van der Waals surface area contributed by atoms with Gasteiger partial charge in [-0.25, -0.2) is 4.79 Å². The number of likely N-dealkylation sites (N-methyl/N-ethyl adjacent to an activating group) is 1. The van der Waals surface area contributed by atoms with E-state index in [0.717, 1.165) is 0 Å². The van der Waals surface area contributed by atoms with Crippen LogP contribution in [0.15, 0.2) is 0 Å². The molecule has 0 heterocycles. The minimum atomic E-state index is -0.810. The van der Waals surface area contributed by atoms with E-state index in [1.165, 1.54) is 0 Å². The van der Waals surface area contributed by atoms with Crippen molar-refractivity contribution in [2.45, 2.75) is 6.10 Å². The van der Waals surface area contributed by atoms with Gasteiger partial charge < -0.3 is 22.2 Å². The summed E-state index contributed by atoms with van der Waals surface area (Å²) in [5.41, 5.74) is 0. The van der Waals surface area contributed by atoms with E-state index in [4.69, 9.17) is 15.3 Å². The van der Waals surface area contributed by atoms with Crippen LogP contribution in [0.3, 0.4) is 0 Å². The zero-order valence-electron chi connectivity index (χ0n) is 8.40. The molecule has 0 radical (unpaired) electrons. The first-order valence-electron chi connectivity index (χ1n) is 3.83. The van der Waals surface area contributed by atoms with Gasteiger partial charge in [-0.3, -0.25) is 4.48 Å². The van der Waals surface area contributed by atoms with Crippen LogP contribution in [0.1, 0.15) is 0 Å². The van der Waals surface area contributed by atoms with Crippen LogP contribution in [-0.4, -0.2) is 66.2 Å². The van der Waals surface area contributed by atoms with Crippen molar-refractivity contribution < 1.29 is 24.6 Å². The van der Waals surface area contributed by atoms with Gasteiger partial charge in [0.2, 0.25) is 0 Å². The molecule has 0 aliphatic heterocycles. The second-order valence-electron chi connectivity index (χ2n) is 3.40. The van der Waals surface area contributed by atoms with E-state index in [1.807, 2.05) is 0 Å². The predicted molar refractivity (Wildman–Crippen MR) is 48.6 cm³/mol. The number of hydrogen-bond donors (Lipinski definition) is 3. The Hall–Kier alpha value is -0.490. The van der Waals surface area contributed by atoms with Crippen LogP contribution < -0.4 is 0 Å². The van der Waals surface area contributed by atoms with Crippen molar-refractivity contribution in [2.24, 2.45) is 0 Å². The van der Waals surface area contributed by atoms with Gasteiger partial charge in [-0.1, -0.05) is 0 Å². The molecule has 0 aromatic rings. The molecule has 0 aromatic heterocycles. The third kappa shape index (κ3) is 11.5. The molecule has 80 valence electrons. The lowest BCUT2D eigenvalue weighted by atomic mass is 10.5. The van der Waals surface area contributed by atoms with Crippen molar-refractivity contribution in [3.63, 3.8) is 0 Å². The Kier molecular flexibility index (Phi) is 8.04. The van der Waals surface area contributed by atoms with Crippen molar-refractivity contribution in [1.82, 2.24) is 0 Å². The average Bonchev–Trinajstić information content (AvgIpc) is 2.02. The van der Waals surface area contributed by atoms with Crippen molar-refractivity contribution in [3.05, 3.63) is 6.92 Å². The number of carbonyl (C=O) groups is 1. The topological polar surface area (TPSA) is 77.8 Å². The predicted octanol–water partition coefficient (Wildman–Crippen LogP) is -1.61. The van der Waals surface area contributed by atoms with E-state index >= 15 is 0 Å². The maximum absolute atomic E-state index is 10.6. The summed E-state index contributed by atoms with van der Waals surface area (Å²) in [6, 6.07) is 0. The molecule has 13 heavy (non-hydrogen) atoms. The van der Waals surface area contributed by atoms with Crippen molar-refractivity contribution in [3.8, 4) is 0 Å². The van der Waals surface area contributed by atoms with Gasteiger partial charge in [0, 0.05) is 6.61 Å². The van der Waals surface area contributed by atoms with Gasteiger partial charge in [0.25, 0.3) is 0 Å². The molecule has 0 aliphatic carbocycles. The highest BCUT2D eigenvalue weighted by Crippen LogP contribution is 1.88. The summed E-state index contributed by atoms with van der Waals surface area (Å²) in [4.78, 5) is 10.6. The molecule has 5 heteroatoms. The summed E-state index contributed by atoms with van der Waals surface area (Å²) in [5.74, 6) is -0.176. The number of hydrogen-bond acceptors (Lipinski definition) is 4. The molecule has 0 aromatic carbocycles. The Labute approximate surface area is 78.8 Å². The standard InChI is InChI=1S/C5H12NO2.C3H7O2/c1-6(2,3)5(8)4-7;1-3(5)2-4/h7H,4H2,1-3H3;3-5H,1-2H2/q+1;-1. The van der Waals surface area contributed by atoms with E-state index in [2.05, 4.69) is 6.92 Å². The lowest BCUT2D eigenvalue weighted by Gasteiger charge is -2.18. The van der Waals surface area contributed by atoms with E-state index in [9.17, 15) is 4.79 Å². The molecule has 1 unspecified atom stereocenters. The summed E-state index contributed by atoms with van der Waals surface area (Å²) >= 11 is 0. The fraction of sp³-hybridized carbons (Fsp3) is 0.750. The third-order valence-corrected chi connectivity index (χ3v) is 1.09. The average molecular weight is 193 g/mol. The third-order valence-electron chi connectivity index (χ3n) is 1.09. The van der Waals surface area contributed by atoms with Crippen LogP contribution in [0.25, 0.3) is 0 Å². The Balaban J connectivity index is 0. The van der Waals surface area contributed by atoms with Gasteiger partial charge in [-0.05, 0) is 6.10 Å². The van der Waals surface area contributed by atoms with Crippen molar-refractivity contribution in [1.29, 1.82) is 0 Å². The molecule has 0 aliphatic rings. The first-order chi connectivity index (χ1) is 5.75. The molecule has 5 nitrogen and oxygen atoms in total. The molecule has 0 fully saturated rings. The van der Waals surface area contributed by atoms with Crippen LogP contribution in [0, 0.1) is 6.92 Å². The fourth-order valence-corrected chi connectivity index (χ4v) is 0.212. The van der Waals surface area contributed by atoms with Crippen LogP contribution in [0.2, 0.25) is 0 Å². The number of carbonyl (C=O) groups excluding carboxylic acids is 1. The quantitative estimate of drug-likeness (QED) is 0.364. The van der Waals surface area contributed by atoms with E-state index in [1.54, 1.807) is 21.1 Å². The smallest absolute Gasteiger partial charge is 0.338 e. The summed E-state index contributed by atoms with van der Waals surface area (Å²) in [5, 5.41) is 24.1. The highest BCUT2D eigenvalue weighted by Gasteiger charge is 2.17. The van der Waals surface area contributed by atoms with Crippen LogP contribution in [-0.2, 0) is 4.79 Å². The first-order valence-corrected chi connectivity index (χ1v) is 3.83. The molecule has 1 amide bonds. The molecule has 0 saturated heterocycles. The van der Waals surface area contributed by atoms with Crippen molar-refractivity contribution in [2.75, 3.05) is 34.4 Å². The van der Waals surface area contributed by atoms with Gasteiger partial charge >= 0.3 is 5.91 Å². The second-order valence-corrected chi connectivity index (χ2v) is 3.40. The number of aliphatic hydroxyl groups is 3. The van der Waals surface area contributed by atoms with E-state index in [0.29, 0.717) is 0 Å². The summed E-state index contributed by atoms with van der Waals surface area (Å²) in [6.45, 7) is 2.44. The zero-order valence-corrected chi connectivity index (χ0v) is 8.40. The van der Waals surface area contributed by atoms with Crippen LogP contribution >= 0.6 is 0 Å². The Morgan fingerprint density at radius 3 is 1.69 bits per heavy atom. The lowest BCUT2D eigenvalue weighted by Crippen LogP contribution is -2.42. The minimum absolute atomic E-state index is 0.176. The monoisotopic (exact) mass is 193 g/mol. The molecule has 0 rings (SSSR count). The second kappa shape index (κ2) is 6.97. The summed E-state index contributed by atoms with van der Waals surface area (Å²) in [6.07, 6.45) is -0.810. The van der Waals surface area contributed by atoms with E-state index < -0.39 is 6.10 Å². The first kappa shape index (κ1) is 15.0. The van der Waals surface area contributed by atoms with Gasteiger partial charge in [0.15, 0.2) is 6.61 Å². The summed E-state index contributed by atoms with van der Waals surface area (Å²) in [7, 11) is 5.16. The SMILES string of the molecule is C[N+](C)(C)C(=O)CO.[CH2-]C(O)CO. The number of nitrogens with zero attached hydrogens (tertiary/aromatic N) is 1. The van der Waals surface area contributed by atoms with Crippen molar-refractivity contribution >= 4 is 5.91 Å². The highest BCUT2D eigenvalue weighted by molar-refractivity contribution is 5.69. The van der Waals surface area contributed by atoms with Gasteiger partial charge in [-0.2, -0.15) is 0 Å². The molecular formula is C8H19NO4. The largest absolute Gasteiger partial charge is 0.423 e. The normalized spacial score (nSPS) is 12.8. The molecular weight excluding hydrogens is 174 g/mol. The van der Waals surface area contributed by atoms with Gasteiger partial charge in [0.1, 0.15) is 0 Å². The maximum Gasteiger partial charge on any atom is 0.338 e. The molecule has 0 spiro atoms. The number of aliphatic hydroxyl groups excluding tert-OH is 3. The maximum atomic E-state index is 10.6. The number of rotatable bonds is 2. The Morgan fingerprint density at radius 2 is 1.69 bits per heavy atom. The van der Waals surface area contributed by atoms with Crippen LogP contribution in [0.5, 0.6) is 0 Å². The molecule has 1 atom stereocenters. The lowest BCUT2D eigenvalue weighted by molar-refractivity contribution is -0.792. The number of quaternary nitrogens is 1. The zero-order chi connectivity index (χ0) is 11.1. The minimum Gasteiger partial charge on any atom is -0.423 e.